The van der Waals surface area contributed by atoms with Crippen molar-refractivity contribution in [3.8, 4) is 0 Å². The molecule has 2 bridgehead atoms. The fourth-order valence-corrected chi connectivity index (χ4v) is 8.38. The summed E-state index contributed by atoms with van der Waals surface area (Å²) in [5.74, 6) is 4.50. The van der Waals surface area contributed by atoms with E-state index in [0.717, 1.165) is 30.3 Å². The molecule has 0 aliphatic heterocycles. The van der Waals surface area contributed by atoms with Gasteiger partial charge in [-0.05, 0) is 60.1 Å². The van der Waals surface area contributed by atoms with Crippen LogP contribution in [0, 0.1) is 29.1 Å². The van der Waals surface area contributed by atoms with Crippen molar-refractivity contribution >= 4 is 15.0 Å². The zero-order chi connectivity index (χ0) is 24.3. The molecule has 0 amide bonds. The highest BCUT2D eigenvalue weighted by Crippen LogP contribution is 2.65. The Hall–Kier alpha value is 0.242. The molecule has 0 radical (unpaired) electrons. The van der Waals surface area contributed by atoms with E-state index in [1.165, 1.54) is 64.0 Å². The van der Waals surface area contributed by atoms with E-state index in [1.54, 1.807) is 0 Å². The van der Waals surface area contributed by atoms with Gasteiger partial charge < -0.3 is 4.43 Å². The van der Waals surface area contributed by atoms with Crippen LogP contribution < -0.4 is 0 Å². The molecule has 0 aromatic rings. The molecule has 32 heavy (non-hydrogen) atoms. The van der Waals surface area contributed by atoms with Gasteiger partial charge in [-0.1, -0.05) is 119 Å². The zero-order valence-corrected chi connectivity index (χ0v) is 25.0. The monoisotopic (exact) mass is 462 g/mol. The van der Waals surface area contributed by atoms with Gasteiger partial charge in [-0.3, -0.25) is 0 Å². The first-order valence-corrected chi connectivity index (χ1v) is 17.3. The van der Waals surface area contributed by atoms with Crippen LogP contribution >= 0.6 is 0 Å². The Morgan fingerprint density at radius 3 is 2.12 bits per heavy atom. The molecular formula is C29H59BOSi. The van der Waals surface area contributed by atoms with Crippen LogP contribution in [0.15, 0.2) is 0 Å². The molecule has 188 valence electrons. The molecule has 3 fully saturated rings. The first-order chi connectivity index (χ1) is 14.7. The number of fused-ring (bicyclic) bond motifs is 2. The Balaban J connectivity index is 1.98. The van der Waals surface area contributed by atoms with Crippen molar-refractivity contribution < 1.29 is 4.43 Å². The SMILES string of the molecule is CCCCCCB(CCCC(O[Si](C)(C)C(C)(C)C)C(C)C)C1C[C@@H]2C[C@H](C1C)C2(C)C. The number of unbranched alkanes of at least 4 members (excludes halogenated alkanes) is 3. The van der Waals surface area contributed by atoms with Gasteiger partial charge in [0.15, 0.2) is 8.32 Å². The van der Waals surface area contributed by atoms with Gasteiger partial charge in [0.2, 0.25) is 0 Å². The van der Waals surface area contributed by atoms with Gasteiger partial charge in [0, 0.05) is 6.10 Å². The van der Waals surface area contributed by atoms with Crippen molar-refractivity contribution in [1.82, 2.24) is 0 Å². The van der Waals surface area contributed by atoms with Gasteiger partial charge in [0.25, 0.3) is 0 Å². The highest BCUT2D eigenvalue weighted by atomic mass is 28.4. The molecule has 0 spiro atoms. The fraction of sp³-hybridized carbons (Fsp3) is 1.00. The highest BCUT2D eigenvalue weighted by Gasteiger charge is 2.57. The molecule has 0 heterocycles. The van der Waals surface area contributed by atoms with Gasteiger partial charge in [-0.2, -0.15) is 0 Å². The second kappa shape index (κ2) is 11.3. The molecule has 3 aliphatic carbocycles. The third-order valence-corrected chi connectivity index (χ3v) is 15.0. The van der Waals surface area contributed by atoms with E-state index in [-0.39, 0.29) is 0 Å². The van der Waals surface area contributed by atoms with Gasteiger partial charge in [0.1, 0.15) is 6.71 Å². The third-order valence-electron chi connectivity index (χ3n) is 10.5. The predicted molar refractivity (Wildman–Crippen MR) is 149 cm³/mol. The van der Waals surface area contributed by atoms with Crippen LogP contribution in [-0.2, 0) is 4.43 Å². The smallest absolute Gasteiger partial charge is 0.192 e. The molecule has 0 aromatic carbocycles. The molecule has 3 aliphatic rings. The molecule has 0 aromatic heterocycles. The summed E-state index contributed by atoms with van der Waals surface area (Å²) in [7, 11) is -1.70. The van der Waals surface area contributed by atoms with E-state index >= 15 is 0 Å². The Labute approximate surface area is 204 Å². The van der Waals surface area contributed by atoms with E-state index in [4.69, 9.17) is 4.43 Å². The minimum atomic E-state index is -1.70. The summed E-state index contributed by atoms with van der Waals surface area (Å²) >= 11 is 0. The average molecular weight is 463 g/mol. The molecule has 3 saturated carbocycles. The summed E-state index contributed by atoms with van der Waals surface area (Å²) in [6.07, 6.45) is 14.7. The standard InChI is InChI=1S/C29H59BOSi/c1-12-13-14-15-18-30(26-21-24-20-25(23(26)4)29(24,8)9)19-16-17-27(22(2)3)31-32(10,11)28(5,6)7/h22-27H,12-21H2,1-11H3/t23?,24-,25+,26?,27?/m0/s1. The lowest BCUT2D eigenvalue weighted by atomic mass is 9.27. The topological polar surface area (TPSA) is 9.23 Å². The maximum absolute atomic E-state index is 6.92. The Morgan fingerprint density at radius 1 is 1.00 bits per heavy atom. The van der Waals surface area contributed by atoms with Gasteiger partial charge in [-0.15, -0.1) is 0 Å². The minimum Gasteiger partial charge on any atom is -0.414 e. The highest BCUT2D eigenvalue weighted by molar-refractivity contribution is 6.74. The maximum atomic E-state index is 6.92. The van der Waals surface area contributed by atoms with Crippen LogP contribution in [-0.4, -0.2) is 21.1 Å². The van der Waals surface area contributed by atoms with Crippen LogP contribution in [0.4, 0.5) is 0 Å². The quantitative estimate of drug-likeness (QED) is 0.195. The second-order valence-corrected chi connectivity index (χ2v) is 19.1. The van der Waals surface area contributed by atoms with Gasteiger partial charge in [-0.25, -0.2) is 0 Å². The molecule has 5 atom stereocenters. The Kier molecular flexibility index (Phi) is 10.1. The van der Waals surface area contributed by atoms with Crippen molar-refractivity contribution in [3.63, 3.8) is 0 Å². The van der Waals surface area contributed by atoms with Gasteiger partial charge >= 0.3 is 0 Å². The van der Waals surface area contributed by atoms with Crippen molar-refractivity contribution in [1.29, 1.82) is 0 Å². The van der Waals surface area contributed by atoms with E-state index < -0.39 is 8.32 Å². The summed E-state index contributed by atoms with van der Waals surface area (Å²) in [5, 5.41) is 0.299. The normalized spacial score (nSPS) is 28.5. The molecule has 3 unspecified atom stereocenters. The van der Waals surface area contributed by atoms with Crippen LogP contribution in [0.1, 0.15) is 114 Å². The van der Waals surface area contributed by atoms with Crippen molar-refractivity contribution in [3.05, 3.63) is 0 Å². The number of rotatable bonds is 13. The molecule has 0 saturated heterocycles. The van der Waals surface area contributed by atoms with Crippen LogP contribution in [0.3, 0.4) is 0 Å². The molecular weight excluding hydrogens is 403 g/mol. The molecule has 0 N–H and O–H groups in total. The van der Waals surface area contributed by atoms with Crippen LogP contribution in [0.5, 0.6) is 0 Å². The molecule has 1 nitrogen and oxygen atoms in total. The van der Waals surface area contributed by atoms with Crippen LogP contribution in [0.2, 0.25) is 36.6 Å². The summed E-state index contributed by atoms with van der Waals surface area (Å²) in [6.45, 7) is 27.7. The van der Waals surface area contributed by atoms with Crippen molar-refractivity contribution in [2.45, 2.75) is 156 Å². The average Bonchev–Trinajstić information content (AvgIpc) is 2.67. The van der Waals surface area contributed by atoms with Crippen molar-refractivity contribution in [2.24, 2.45) is 29.1 Å². The zero-order valence-electron chi connectivity index (χ0n) is 24.0. The summed E-state index contributed by atoms with van der Waals surface area (Å²) in [4.78, 5) is 0. The Morgan fingerprint density at radius 2 is 1.62 bits per heavy atom. The second-order valence-electron chi connectivity index (χ2n) is 14.3. The number of hydrogen-bond donors (Lipinski definition) is 0. The molecule has 3 rings (SSSR count). The fourth-order valence-electron chi connectivity index (χ4n) is 6.88. The lowest BCUT2D eigenvalue weighted by Crippen LogP contribution is -2.55. The summed E-state index contributed by atoms with van der Waals surface area (Å²) in [6, 6.07) is 0. The number of hydrogen-bond acceptors (Lipinski definition) is 1. The Bertz CT molecular complexity index is 564. The molecule has 3 heteroatoms. The summed E-state index contributed by atoms with van der Waals surface area (Å²) in [5.41, 5.74) is 0.614. The van der Waals surface area contributed by atoms with Crippen molar-refractivity contribution in [2.75, 3.05) is 0 Å². The first kappa shape index (κ1) is 28.5. The van der Waals surface area contributed by atoms with Crippen LogP contribution in [0.25, 0.3) is 0 Å². The minimum absolute atomic E-state index is 0.299. The lowest BCUT2D eigenvalue weighted by molar-refractivity contribution is -0.0992. The predicted octanol–water partition coefficient (Wildman–Crippen LogP) is 9.96. The largest absolute Gasteiger partial charge is 0.414 e. The van der Waals surface area contributed by atoms with E-state index in [0.29, 0.717) is 22.5 Å². The maximum Gasteiger partial charge on any atom is 0.192 e. The van der Waals surface area contributed by atoms with Gasteiger partial charge in [0.05, 0.1) is 0 Å². The van der Waals surface area contributed by atoms with E-state index in [2.05, 4.69) is 75.4 Å². The third kappa shape index (κ3) is 6.68. The van der Waals surface area contributed by atoms with E-state index in [1.807, 2.05) is 0 Å². The van der Waals surface area contributed by atoms with E-state index in [9.17, 15) is 0 Å². The lowest BCUT2D eigenvalue weighted by Gasteiger charge is -2.63. The first-order valence-electron chi connectivity index (χ1n) is 14.4. The summed E-state index contributed by atoms with van der Waals surface area (Å²) < 4.78 is 6.92.